The van der Waals surface area contributed by atoms with E-state index in [1.165, 1.54) is 4.88 Å². The van der Waals surface area contributed by atoms with Crippen molar-refractivity contribution in [3.05, 3.63) is 20.8 Å². The third kappa shape index (κ3) is 4.23. The molecule has 16 heavy (non-hydrogen) atoms. The van der Waals surface area contributed by atoms with E-state index in [4.69, 9.17) is 5.11 Å². The smallest absolute Gasteiger partial charge is 0.307 e. The number of carboxylic acids is 1. The summed E-state index contributed by atoms with van der Waals surface area (Å²) >= 11 is 5.11. The monoisotopic (exact) mass is 305 g/mol. The van der Waals surface area contributed by atoms with Crippen LogP contribution in [0, 0.1) is 5.92 Å². The van der Waals surface area contributed by atoms with E-state index in [9.17, 15) is 4.79 Å². The van der Waals surface area contributed by atoms with Crippen molar-refractivity contribution < 1.29 is 9.90 Å². The third-order valence-corrected chi connectivity index (χ3v) is 4.08. The molecule has 3 nitrogen and oxygen atoms in total. The van der Waals surface area contributed by atoms with E-state index >= 15 is 0 Å². The fourth-order valence-corrected chi connectivity index (χ4v) is 2.92. The summed E-state index contributed by atoms with van der Waals surface area (Å²) in [5.41, 5.74) is 0. The van der Waals surface area contributed by atoms with E-state index in [-0.39, 0.29) is 5.92 Å². The van der Waals surface area contributed by atoms with Gasteiger partial charge in [0.15, 0.2) is 0 Å². The van der Waals surface area contributed by atoms with Crippen molar-refractivity contribution in [3.8, 4) is 0 Å². The van der Waals surface area contributed by atoms with Crippen LogP contribution in [0.4, 0.5) is 0 Å². The first-order valence-electron chi connectivity index (χ1n) is 5.21. The van der Waals surface area contributed by atoms with Crippen LogP contribution in [0.1, 0.15) is 18.7 Å². The number of carbonyl (C=O) groups is 1. The van der Waals surface area contributed by atoms with E-state index in [1.54, 1.807) is 18.3 Å². The predicted molar refractivity (Wildman–Crippen MR) is 69.8 cm³/mol. The lowest BCUT2D eigenvalue weighted by molar-refractivity contribution is -0.141. The van der Waals surface area contributed by atoms with Gasteiger partial charge in [-0.2, -0.15) is 0 Å². The average molecular weight is 306 g/mol. The number of aliphatic carboxylic acids is 1. The van der Waals surface area contributed by atoms with Gasteiger partial charge < -0.3 is 5.11 Å². The average Bonchev–Trinajstić information content (AvgIpc) is 2.62. The second kappa shape index (κ2) is 6.37. The normalized spacial score (nSPS) is 13.0. The standard InChI is InChI=1S/C11H16BrNO2S/c1-3-13(5-8(2)11(14)15)6-10-4-9(12)7-16-10/h4,7-8H,3,5-6H2,1-2H3,(H,14,15). The zero-order chi connectivity index (χ0) is 12.1. The molecular weight excluding hydrogens is 290 g/mol. The van der Waals surface area contributed by atoms with Gasteiger partial charge >= 0.3 is 5.97 Å². The second-order valence-electron chi connectivity index (χ2n) is 3.80. The van der Waals surface area contributed by atoms with E-state index in [0.717, 1.165) is 17.6 Å². The SMILES string of the molecule is CCN(Cc1cc(Br)cs1)CC(C)C(=O)O. The fourth-order valence-electron chi connectivity index (χ4n) is 1.43. The Bertz CT molecular complexity index is 354. The molecular formula is C11H16BrNO2S. The molecule has 0 aliphatic heterocycles. The van der Waals surface area contributed by atoms with Crippen LogP contribution >= 0.6 is 27.3 Å². The molecule has 0 amide bonds. The van der Waals surface area contributed by atoms with Gasteiger partial charge in [0.2, 0.25) is 0 Å². The Labute approximate surface area is 108 Å². The van der Waals surface area contributed by atoms with Crippen LogP contribution in [0.2, 0.25) is 0 Å². The van der Waals surface area contributed by atoms with Crippen LogP contribution in [-0.2, 0) is 11.3 Å². The third-order valence-electron chi connectivity index (χ3n) is 2.40. The molecule has 1 heterocycles. The van der Waals surface area contributed by atoms with Crippen LogP contribution in [0.3, 0.4) is 0 Å². The first kappa shape index (κ1) is 13.7. The molecule has 0 saturated carbocycles. The molecule has 0 saturated heterocycles. The van der Waals surface area contributed by atoms with Crippen molar-refractivity contribution in [2.75, 3.05) is 13.1 Å². The Morgan fingerprint density at radius 3 is 2.81 bits per heavy atom. The topological polar surface area (TPSA) is 40.5 Å². The minimum Gasteiger partial charge on any atom is -0.481 e. The molecule has 0 radical (unpaired) electrons. The van der Waals surface area contributed by atoms with Crippen LogP contribution in [-0.4, -0.2) is 29.1 Å². The van der Waals surface area contributed by atoms with Gasteiger partial charge in [0.05, 0.1) is 5.92 Å². The number of hydrogen-bond donors (Lipinski definition) is 1. The molecule has 0 aliphatic rings. The number of halogens is 1. The van der Waals surface area contributed by atoms with E-state index < -0.39 is 5.97 Å². The molecule has 1 unspecified atom stereocenters. The highest BCUT2D eigenvalue weighted by Crippen LogP contribution is 2.21. The summed E-state index contributed by atoms with van der Waals surface area (Å²) in [6.07, 6.45) is 0. The van der Waals surface area contributed by atoms with Gasteiger partial charge in [0, 0.05) is 27.8 Å². The van der Waals surface area contributed by atoms with Crippen LogP contribution in [0.25, 0.3) is 0 Å². The van der Waals surface area contributed by atoms with Gasteiger partial charge in [-0.1, -0.05) is 13.8 Å². The van der Waals surface area contributed by atoms with Crippen molar-refractivity contribution in [1.29, 1.82) is 0 Å². The molecule has 0 bridgehead atoms. The molecule has 1 N–H and O–H groups in total. The lowest BCUT2D eigenvalue weighted by Gasteiger charge is -2.21. The maximum Gasteiger partial charge on any atom is 0.307 e. The Balaban J connectivity index is 2.52. The largest absolute Gasteiger partial charge is 0.481 e. The van der Waals surface area contributed by atoms with Gasteiger partial charge in [-0.05, 0) is 28.5 Å². The first-order valence-corrected chi connectivity index (χ1v) is 6.88. The van der Waals surface area contributed by atoms with Gasteiger partial charge in [-0.15, -0.1) is 11.3 Å². The van der Waals surface area contributed by atoms with Crippen LogP contribution < -0.4 is 0 Å². The highest BCUT2D eigenvalue weighted by Gasteiger charge is 2.15. The summed E-state index contributed by atoms with van der Waals surface area (Å²) < 4.78 is 1.09. The summed E-state index contributed by atoms with van der Waals surface area (Å²) in [7, 11) is 0. The molecule has 0 fully saturated rings. The molecule has 1 atom stereocenters. The van der Waals surface area contributed by atoms with Gasteiger partial charge in [-0.25, -0.2) is 0 Å². The Hall–Kier alpha value is -0.390. The first-order chi connectivity index (χ1) is 7.52. The summed E-state index contributed by atoms with van der Waals surface area (Å²) in [6, 6.07) is 2.08. The molecule has 1 aromatic heterocycles. The van der Waals surface area contributed by atoms with Crippen LogP contribution in [0.5, 0.6) is 0 Å². The van der Waals surface area contributed by atoms with Crippen LogP contribution in [0.15, 0.2) is 15.9 Å². The van der Waals surface area contributed by atoms with Crippen molar-refractivity contribution in [2.24, 2.45) is 5.92 Å². The summed E-state index contributed by atoms with van der Waals surface area (Å²) in [5, 5.41) is 10.9. The zero-order valence-corrected chi connectivity index (χ0v) is 11.8. The highest BCUT2D eigenvalue weighted by atomic mass is 79.9. The summed E-state index contributed by atoms with van der Waals surface area (Å²) in [4.78, 5) is 14.2. The fraction of sp³-hybridized carbons (Fsp3) is 0.545. The van der Waals surface area contributed by atoms with E-state index in [1.807, 2.05) is 5.38 Å². The second-order valence-corrected chi connectivity index (χ2v) is 5.71. The maximum absolute atomic E-state index is 10.8. The quantitative estimate of drug-likeness (QED) is 0.878. The molecule has 0 spiro atoms. The Morgan fingerprint density at radius 2 is 2.38 bits per heavy atom. The van der Waals surface area contributed by atoms with Crippen molar-refractivity contribution in [1.82, 2.24) is 4.90 Å². The van der Waals surface area contributed by atoms with E-state index in [2.05, 4.69) is 33.8 Å². The zero-order valence-electron chi connectivity index (χ0n) is 9.44. The molecule has 1 aromatic rings. The summed E-state index contributed by atoms with van der Waals surface area (Å²) in [6.45, 7) is 6.09. The highest BCUT2D eigenvalue weighted by molar-refractivity contribution is 9.10. The maximum atomic E-state index is 10.8. The number of rotatable bonds is 6. The van der Waals surface area contributed by atoms with Crippen molar-refractivity contribution >= 4 is 33.2 Å². The predicted octanol–water partition coefficient (Wildman–Crippen LogP) is 3.05. The number of thiophene rings is 1. The molecule has 5 heteroatoms. The molecule has 0 aliphatic carbocycles. The van der Waals surface area contributed by atoms with Gasteiger partial charge in [-0.3, -0.25) is 9.69 Å². The van der Waals surface area contributed by atoms with Crippen molar-refractivity contribution in [3.63, 3.8) is 0 Å². The van der Waals surface area contributed by atoms with Gasteiger partial charge in [0.25, 0.3) is 0 Å². The lowest BCUT2D eigenvalue weighted by atomic mass is 10.1. The molecule has 0 aromatic carbocycles. The lowest BCUT2D eigenvalue weighted by Crippen LogP contribution is -2.31. The van der Waals surface area contributed by atoms with Gasteiger partial charge in [0.1, 0.15) is 0 Å². The number of carboxylic acid groups (broad SMARTS) is 1. The van der Waals surface area contributed by atoms with Crippen molar-refractivity contribution in [2.45, 2.75) is 20.4 Å². The minimum absolute atomic E-state index is 0.316. The Kier molecular flexibility index (Phi) is 5.44. The number of nitrogens with zero attached hydrogens (tertiary/aromatic N) is 1. The number of hydrogen-bond acceptors (Lipinski definition) is 3. The Morgan fingerprint density at radius 1 is 1.69 bits per heavy atom. The molecule has 90 valence electrons. The van der Waals surface area contributed by atoms with E-state index in [0.29, 0.717) is 6.54 Å². The molecule has 1 rings (SSSR count). The summed E-state index contributed by atoms with van der Waals surface area (Å²) in [5.74, 6) is -1.05. The minimum atomic E-state index is -0.731.